The minimum atomic E-state index is -4.74. The summed E-state index contributed by atoms with van der Waals surface area (Å²) < 4.78 is 47.2. The summed E-state index contributed by atoms with van der Waals surface area (Å²) in [4.78, 5) is 0. The van der Waals surface area contributed by atoms with Gasteiger partial charge in [-0.25, -0.2) is 0 Å². The molecule has 0 heterocycles. The number of para-hydroxylation sites is 2. The molecular weight excluding hydrogens is 331 g/mol. The number of benzene rings is 2. The van der Waals surface area contributed by atoms with E-state index in [4.69, 9.17) is 10.5 Å². The van der Waals surface area contributed by atoms with Crippen molar-refractivity contribution in [2.75, 3.05) is 13.2 Å². The first-order chi connectivity index (χ1) is 10.5. The number of halogens is 4. The average molecular weight is 348 g/mol. The van der Waals surface area contributed by atoms with E-state index in [1.54, 1.807) is 36.4 Å². The van der Waals surface area contributed by atoms with Gasteiger partial charge in [-0.15, -0.1) is 25.6 Å². The molecule has 7 heteroatoms. The van der Waals surface area contributed by atoms with Gasteiger partial charge in [0, 0.05) is 11.1 Å². The standard InChI is InChI=1S/C16H16F3NO2.ClH/c17-16(18,19)22-15-9-4-2-7-13(15)12-6-1-3-8-14(12)21-11-5-10-20;/h1-4,6-9H,5,10-11,20H2;1H. The molecule has 0 aliphatic rings. The second kappa shape index (κ2) is 8.64. The van der Waals surface area contributed by atoms with Gasteiger partial charge < -0.3 is 15.2 Å². The highest BCUT2D eigenvalue weighted by Gasteiger charge is 2.32. The molecule has 0 spiro atoms. The first kappa shape index (κ1) is 19.1. The van der Waals surface area contributed by atoms with E-state index in [-0.39, 0.29) is 18.2 Å². The van der Waals surface area contributed by atoms with E-state index in [2.05, 4.69) is 4.74 Å². The molecule has 0 saturated heterocycles. The number of ether oxygens (including phenoxy) is 2. The largest absolute Gasteiger partial charge is 0.573 e. The van der Waals surface area contributed by atoms with Gasteiger partial charge in [0.1, 0.15) is 11.5 Å². The molecule has 0 amide bonds. The molecule has 0 aliphatic carbocycles. The Labute approximate surface area is 138 Å². The molecule has 2 aromatic carbocycles. The van der Waals surface area contributed by atoms with Crippen LogP contribution in [0.3, 0.4) is 0 Å². The highest BCUT2D eigenvalue weighted by molar-refractivity contribution is 5.85. The fourth-order valence-corrected chi connectivity index (χ4v) is 1.98. The highest BCUT2D eigenvalue weighted by atomic mass is 35.5. The third-order valence-corrected chi connectivity index (χ3v) is 2.90. The Kier molecular flexibility index (Phi) is 7.19. The van der Waals surface area contributed by atoms with Crippen molar-refractivity contribution >= 4 is 12.4 Å². The van der Waals surface area contributed by atoms with E-state index in [0.29, 0.717) is 36.4 Å². The monoisotopic (exact) mass is 347 g/mol. The van der Waals surface area contributed by atoms with E-state index >= 15 is 0 Å². The van der Waals surface area contributed by atoms with Gasteiger partial charge >= 0.3 is 6.36 Å². The van der Waals surface area contributed by atoms with Crippen molar-refractivity contribution in [3.63, 3.8) is 0 Å². The zero-order valence-corrected chi connectivity index (χ0v) is 13.0. The Morgan fingerprint density at radius 2 is 1.39 bits per heavy atom. The molecule has 0 saturated carbocycles. The van der Waals surface area contributed by atoms with E-state index in [1.165, 1.54) is 12.1 Å². The van der Waals surface area contributed by atoms with Crippen LogP contribution in [0.4, 0.5) is 13.2 Å². The summed E-state index contributed by atoms with van der Waals surface area (Å²) in [6.45, 7) is 0.881. The average Bonchev–Trinajstić information content (AvgIpc) is 2.47. The molecule has 2 N–H and O–H groups in total. The van der Waals surface area contributed by atoms with Crippen LogP contribution in [-0.2, 0) is 0 Å². The van der Waals surface area contributed by atoms with E-state index < -0.39 is 6.36 Å². The van der Waals surface area contributed by atoms with Gasteiger partial charge in [0.15, 0.2) is 0 Å². The molecule has 2 aromatic rings. The Morgan fingerprint density at radius 1 is 0.870 bits per heavy atom. The molecule has 23 heavy (non-hydrogen) atoms. The van der Waals surface area contributed by atoms with Crippen LogP contribution in [0.25, 0.3) is 11.1 Å². The molecule has 0 atom stereocenters. The second-order valence-electron chi connectivity index (χ2n) is 4.53. The molecule has 0 aliphatic heterocycles. The van der Waals surface area contributed by atoms with Gasteiger partial charge in [-0.1, -0.05) is 36.4 Å². The zero-order valence-electron chi connectivity index (χ0n) is 12.2. The lowest BCUT2D eigenvalue weighted by Crippen LogP contribution is -2.17. The topological polar surface area (TPSA) is 44.5 Å². The molecule has 2 rings (SSSR count). The predicted octanol–water partition coefficient (Wildman–Crippen LogP) is 4.40. The van der Waals surface area contributed by atoms with Crippen molar-refractivity contribution in [1.29, 1.82) is 0 Å². The van der Waals surface area contributed by atoms with Crippen LogP contribution in [0.5, 0.6) is 11.5 Å². The molecule has 0 bridgehead atoms. The zero-order chi connectivity index (χ0) is 16.0. The van der Waals surface area contributed by atoms with Crippen molar-refractivity contribution in [2.45, 2.75) is 12.8 Å². The summed E-state index contributed by atoms with van der Waals surface area (Å²) in [7, 11) is 0. The minimum Gasteiger partial charge on any atom is -0.493 e. The van der Waals surface area contributed by atoms with Crippen molar-refractivity contribution in [1.82, 2.24) is 0 Å². The van der Waals surface area contributed by atoms with E-state index in [1.807, 2.05) is 0 Å². The molecule has 0 unspecified atom stereocenters. The quantitative estimate of drug-likeness (QED) is 0.788. The molecule has 0 aromatic heterocycles. The van der Waals surface area contributed by atoms with Crippen molar-refractivity contribution in [2.24, 2.45) is 5.73 Å². The van der Waals surface area contributed by atoms with Crippen LogP contribution in [0, 0.1) is 0 Å². The number of nitrogens with two attached hydrogens (primary N) is 1. The van der Waals surface area contributed by atoms with Gasteiger partial charge in [-0.3, -0.25) is 0 Å². The Hall–Kier alpha value is -1.92. The first-order valence-electron chi connectivity index (χ1n) is 6.78. The lowest BCUT2D eigenvalue weighted by Gasteiger charge is -2.16. The van der Waals surface area contributed by atoms with Crippen LogP contribution < -0.4 is 15.2 Å². The summed E-state index contributed by atoms with van der Waals surface area (Å²) in [6, 6.07) is 12.9. The van der Waals surface area contributed by atoms with Crippen LogP contribution >= 0.6 is 12.4 Å². The van der Waals surface area contributed by atoms with E-state index in [9.17, 15) is 13.2 Å². The van der Waals surface area contributed by atoms with Gasteiger partial charge in [0.05, 0.1) is 6.61 Å². The Balaban J connectivity index is 0.00000264. The van der Waals surface area contributed by atoms with Gasteiger partial charge in [0.25, 0.3) is 0 Å². The van der Waals surface area contributed by atoms with Crippen molar-refractivity contribution < 1.29 is 22.6 Å². The predicted molar refractivity (Wildman–Crippen MR) is 85.0 cm³/mol. The summed E-state index contributed by atoms with van der Waals surface area (Å²) in [5, 5.41) is 0. The summed E-state index contributed by atoms with van der Waals surface area (Å²) >= 11 is 0. The second-order valence-corrected chi connectivity index (χ2v) is 4.53. The third-order valence-electron chi connectivity index (χ3n) is 2.90. The smallest absolute Gasteiger partial charge is 0.493 e. The fraction of sp³-hybridized carbons (Fsp3) is 0.250. The van der Waals surface area contributed by atoms with E-state index in [0.717, 1.165) is 0 Å². The minimum absolute atomic E-state index is 0. The van der Waals surface area contributed by atoms with Crippen LogP contribution in [0.2, 0.25) is 0 Å². The summed E-state index contributed by atoms with van der Waals surface area (Å²) in [6.07, 6.45) is -4.08. The SMILES string of the molecule is Cl.NCCCOc1ccccc1-c1ccccc1OC(F)(F)F. The maximum absolute atomic E-state index is 12.5. The van der Waals surface area contributed by atoms with Gasteiger partial charge in [0.2, 0.25) is 0 Å². The van der Waals surface area contributed by atoms with Crippen LogP contribution in [-0.4, -0.2) is 19.5 Å². The molecule has 126 valence electrons. The lowest BCUT2D eigenvalue weighted by molar-refractivity contribution is -0.274. The molecule has 0 radical (unpaired) electrons. The van der Waals surface area contributed by atoms with Crippen molar-refractivity contribution in [3.05, 3.63) is 48.5 Å². The summed E-state index contributed by atoms with van der Waals surface area (Å²) in [5.41, 5.74) is 6.27. The molecule has 3 nitrogen and oxygen atoms in total. The third kappa shape index (κ3) is 5.65. The van der Waals surface area contributed by atoms with Gasteiger partial charge in [-0.2, -0.15) is 0 Å². The van der Waals surface area contributed by atoms with Crippen LogP contribution in [0.15, 0.2) is 48.5 Å². The molecule has 0 fully saturated rings. The maximum atomic E-state index is 12.5. The fourth-order valence-electron chi connectivity index (χ4n) is 1.98. The number of hydrogen-bond acceptors (Lipinski definition) is 3. The highest BCUT2D eigenvalue weighted by Crippen LogP contribution is 2.38. The normalized spacial score (nSPS) is 10.8. The number of hydrogen-bond donors (Lipinski definition) is 1. The lowest BCUT2D eigenvalue weighted by atomic mass is 10.0. The van der Waals surface area contributed by atoms with Crippen molar-refractivity contribution in [3.8, 4) is 22.6 Å². The Morgan fingerprint density at radius 3 is 1.96 bits per heavy atom. The summed E-state index contributed by atoms with van der Waals surface area (Å²) in [5.74, 6) is 0.235. The van der Waals surface area contributed by atoms with Gasteiger partial charge in [-0.05, 0) is 25.1 Å². The Bertz CT molecular complexity index is 620. The maximum Gasteiger partial charge on any atom is 0.573 e. The molecular formula is C16H17ClF3NO2. The first-order valence-corrected chi connectivity index (χ1v) is 6.78. The number of rotatable bonds is 6. The van der Waals surface area contributed by atoms with Crippen LogP contribution in [0.1, 0.15) is 6.42 Å². The number of alkyl halides is 3.